The molecule has 1 aliphatic heterocycles. The number of benzene rings is 1. The van der Waals surface area contributed by atoms with Crippen molar-refractivity contribution in [2.75, 3.05) is 18.4 Å². The molecule has 144 valence electrons. The molecule has 27 heavy (non-hydrogen) atoms. The Morgan fingerprint density at radius 1 is 1.30 bits per heavy atom. The molecule has 0 saturated carbocycles. The van der Waals surface area contributed by atoms with Crippen LogP contribution in [0.5, 0.6) is 0 Å². The maximum atomic E-state index is 13.0. The second-order valence-electron chi connectivity index (χ2n) is 6.84. The fourth-order valence-corrected chi connectivity index (χ4v) is 3.72. The molecule has 0 unspecified atom stereocenters. The molecule has 0 spiro atoms. The molecule has 0 bridgehead atoms. The van der Waals surface area contributed by atoms with E-state index in [0.29, 0.717) is 29.7 Å². The summed E-state index contributed by atoms with van der Waals surface area (Å²) in [7, 11) is 0. The smallest absolute Gasteiger partial charge is 0.318 e. The molecule has 0 radical (unpaired) electrons. The van der Waals surface area contributed by atoms with Gasteiger partial charge in [0.1, 0.15) is 10.8 Å². The molecule has 2 N–H and O–H groups in total. The number of hydrogen-bond acceptors (Lipinski definition) is 5. The summed E-state index contributed by atoms with van der Waals surface area (Å²) in [5.74, 6) is -0.402. The molecule has 2 aromatic rings. The van der Waals surface area contributed by atoms with Crippen LogP contribution in [0.2, 0.25) is 0 Å². The van der Waals surface area contributed by atoms with Crippen LogP contribution in [-0.4, -0.2) is 40.1 Å². The van der Waals surface area contributed by atoms with Gasteiger partial charge in [0.2, 0.25) is 5.01 Å². The number of anilines is 1. The highest BCUT2D eigenvalue weighted by Gasteiger charge is 2.33. The van der Waals surface area contributed by atoms with Crippen molar-refractivity contribution >= 4 is 29.0 Å². The number of carbonyl (C=O) groups excluding carboxylic acids is 2. The highest BCUT2D eigenvalue weighted by Crippen LogP contribution is 2.33. The van der Waals surface area contributed by atoms with Gasteiger partial charge < -0.3 is 15.5 Å². The molecule has 1 fully saturated rings. The Labute approximate surface area is 161 Å². The van der Waals surface area contributed by atoms with Crippen LogP contribution in [0.25, 0.3) is 0 Å². The Bertz CT molecular complexity index is 808. The van der Waals surface area contributed by atoms with E-state index < -0.39 is 5.91 Å². The Morgan fingerprint density at radius 2 is 2.04 bits per heavy atom. The van der Waals surface area contributed by atoms with Crippen molar-refractivity contribution < 1.29 is 14.0 Å². The zero-order valence-electron chi connectivity index (χ0n) is 15.2. The lowest BCUT2D eigenvalue weighted by Gasteiger charge is -2.23. The van der Waals surface area contributed by atoms with Crippen LogP contribution < -0.4 is 10.6 Å². The highest BCUT2D eigenvalue weighted by molar-refractivity contribution is 7.13. The van der Waals surface area contributed by atoms with Crippen LogP contribution in [0.15, 0.2) is 24.3 Å². The van der Waals surface area contributed by atoms with Crippen molar-refractivity contribution in [1.29, 1.82) is 0 Å². The molecule has 9 heteroatoms. The molecule has 1 aromatic heterocycles. The number of hydrogen-bond donors (Lipinski definition) is 2. The zero-order chi connectivity index (χ0) is 19.4. The summed E-state index contributed by atoms with van der Waals surface area (Å²) in [5, 5.41) is 14.5. The van der Waals surface area contributed by atoms with E-state index in [0.717, 1.165) is 12.8 Å². The third kappa shape index (κ3) is 4.79. The lowest BCUT2D eigenvalue weighted by atomic mass is 10.2. The van der Waals surface area contributed by atoms with Gasteiger partial charge in [-0.2, -0.15) is 0 Å². The van der Waals surface area contributed by atoms with Gasteiger partial charge in [0, 0.05) is 18.8 Å². The van der Waals surface area contributed by atoms with Crippen LogP contribution in [0.4, 0.5) is 14.9 Å². The largest absolute Gasteiger partial charge is 0.338 e. The van der Waals surface area contributed by atoms with E-state index in [2.05, 4.69) is 20.8 Å². The second-order valence-corrected chi connectivity index (χ2v) is 7.85. The maximum Gasteiger partial charge on any atom is 0.318 e. The lowest BCUT2D eigenvalue weighted by Crippen LogP contribution is -2.40. The van der Waals surface area contributed by atoms with Crippen molar-refractivity contribution in [1.82, 2.24) is 20.4 Å². The Balaban J connectivity index is 1.66. The van der Waals surface area contributed by atoms with Gasteiger partial charge >= 0.3 is 6.03 Å². The van der Waals surface area contributed by atoms with Crippen molar-refractivity contribution in [2.45, 2.75) is 32.7 Å². The summed E-state index contributed by atoms with van der Waals surface area (Å²) < 4.78 is 13.0. The van der Waals surface area contributed by atoms with Crippen LogP contribution in [0, 0.1) is 11.7 Å². The predicted octanol–water partition coefficient (Wildman–Crippen LogP) is 3.43. The third-order valence-electron chi connectivity index (χ3n) is 4.20. The SMILES string of the molecule is CC(C)CNC(=O)N1CCC[C@H]1c1nnc(C(=O)Nc2ccc(F)cc2)s1. The lowest BCUT2D eigenvalue weighted by molar-refractivity contribution is 0.102. The first-order chi connectivity index (χ1) is 12.9. The Morgan fingerprint density at radius 3 is 2.74 bits per heavy atom. The monoisotopic (exact) mass is 391 g/mol. The Hall–Kier alpha value is -2.55. The van der Waals surface area contributed by atoms with Gasteiger partial charge in [-0.05, 0) is 43.0 Å². The topological polar surface area (TPSA) is 87.2 Å². The first-order valence-electron chi connectivity index (χ1n) is 8.89. The third-order valence-corrected chi connectivity index (χ3v) is 5.22. The van der Waals surface area contributed by atoms with E-state index in [-0.39, 0.29) is 22.9 Å². The van der Waals surface area contributed by atoms with Gasteiger partial charge in [-0.15, -0.1) is 10.2 Å². The summed E-state index contributed by atoms with van der Waals surface area (Å²) in [4.78, 5) is 26.5. The van der Waals surface area contributed by atoms with Crippen molar-refractivity contribution in [3.05, 3.63) is 40.1 Å². The standard InChI is InChI=1S/C18H22FN5O2S/c1-11(2)10-20-18(26)24-9-3-4-14(24)16-22-23-17(27-16)15(25)21-13-7-5-12(19)6-8-13/h5-8,11,14H,3-4,9-10H2,1-2H3,(H,20,26)(H,21,25)/t14-/m0/s1. The number of carbonyl (C=O) groups is 2. The molecule has 0 aliphatic carbocycles. The van der Waals surface area contributed by atoms with E-state index >= 15 is 0 Å². The molecule has 1 saturated heterocycles. The van der Waals surface area contributed by atoms with Gasteiger partial charge in [0.05, 0.1) is 6.04 Å². The molecule has 7 nitrogen and oxygen atoms in total. The van der Waals surface area contributed by atoms with E-state index in [1.54, 1.807) is 4.90 Å². The number of urea groups is 1. The summed E-state index contributed by atoms with van der Waals surface area (Å²) in [5.41, 5.74) is 0.480. The van der Waals surface area contributed by atoms with Gasteiger partial charge in [0.25, 0.3) is 5.91 Å². The minimum atomic E-state index is -0.404. The van der Waals surface area contributed by atoms with Crippen LogP contribution in [0.3, 0.4) is 0 Å². The number of amides is 3. The summed E-state index contributed by atoms with van der Waals surface area (Å²) in [6.07, 6.45) is 1.68. The Kier molecular flexibility index (Phi) is 6.00. The fraction of sp³-hybridized carbons (Fsp3) is 0.444. The van der Waals surface area contributed by atoms with Crippen molar-refractivity contribution in [2.24, 2.45) is 5.92 Å². The predicted molar refractivity (Wildman–Crippen MR) is 101 cm³/mol. The summed E-state index contributed by atoms with van der Waals surface area (Å²) in [6.45, 7) is 5.35. The normalized spacial score (nSPS) is 16.6. The quantitative estimate of drug-likeness (QED) is 0.817. The first-order valence-corrected chi connectivity index (χ1v) is 9.70. The molecule has 1 aromatic carbocycles. The van der Waals surface area contributed by atoms with Gasteiger partial charge in [-0.3, -0.25) is 4.79 Å². The van der Waals surface area contributed by atoms with E-state index in [1.807, 2.05) is 13.8 Å². The minimum absolute atomic E-state index is 0.112. The molecule has 2 heterocycles. The molecule has 1 aliphatic rings. The van der Waals surface area contributed by atoms with E-state index in [4.69, 9.17) is 0 Å². The van der Waals surface area contributed by atoms with Crippen molar-refractivity contribution in [3.63, 3.8) is 0 Å². The highest BCUT2D eigenvalue weighted by atomic mass is 32.1. The minimum Gasteiger partial charge on any atom is -0.338 e. The van der Waals surface area contributed by atoms with Crippen LogP contribution >= 0.6 is 11.3 Å². The van der Waals surface area contributed by atoms with Crippen LogP contribution in [0.1, 0.15) is 47.5 Å². The number of nitrogens with one attached hydrogen (secondary N) is 2. The number of halogens is 1. The molecular weight excluding hydrogens is 369 g/mol. The number of nitrogens with zero attached hydrogens (tertiary/aromatic N) is 3. The number of aromatic nitrogens is 2. The average Bonchev–Trinajstić information content (AvgIpc) is 3.30. The molecule has 3 rings (SSSR count). The fourth-order valence-electron chi connectivity index (χ4n) is 2.84. The van der Waals surface area contributed by atoms with E-state index in [1.165, 1.54) is 35.6 Å². The molecular formula is C18H22FN5O2S. The van der Waals surface area contributed by atoms with Crippen LogP contribution in [-0.2, 0) is 0 Å². The zero-order valence-corrected chi connectivity index (χ0v) is 16.1. The van der Waals surface area contributed by atoms with E-state index in [9.17, 15) is 14.0 Å². The number of rotatable bonds is 5. The maximum absolute atomic E-state index is 13.0. The second kappa shape index (κ2) is 8.43. The summed E-state index contributed by atoms with van der Waals surface area (Å²) >= 11 is 1.18. The molecule has 1 atom stereocenters. The van der Waals surface area contributed by atoms with Gasteiger partial charge in [0.15, 0.2) is 0 Å². The average molecular weight is 391 g/mol. The summed E-state index contributed by atoms with van der Waals surface area (Å²) in [6, 6.07) is 5.22. The van der Waals surface area contributed by atoms with Gasteiger partial charge in [-0.1, -0.05) is 25.2 Å². The van der Waals surface area contributed by atoms with Gasteiger partial charge in [-0.25, -0.2) is 9.18 Å². The molecule has 3 amide bonds. The van der Waals surface area contributed by atoms with Crippen molar-refractivity contribution in [3.8, 4) is 0 Å². The first kappa shape index (κ1) is 19.2. The number of likely N-dealkylation sites (tertiary alicyclic amines) is 1.